The number of carbonyl (C=O) groups is 1. The molecule has 0 bridgehead atoms. The normalized spacial score (nSPS) is 12.1. The van der Waals surface area contributed by atoms with E-state index in [9.17, 15) is 9.90 Å². The van der Waals surface area contributed by atoms with E-state index in [1.54, 1.807) is 0 Å². The molecule has 2 aromatic rings. The van der Waals surface area contributed by atoms with Gasteiger partial charge in [-0.3, -0.25) is 4.79 Å². The Morgan fingerprint density at radius 3 is 2.07 bits per heavy atom. The number of rotatable bonds is 4. The molecule has 146 valence electrons. The van der Waals surface area contributed by atoms with E-state index in [1.165, 1.54) is 5.56 Å². The zero-order valence-electron chi connectivity index (χ0n) is 17.6. The quantitative estimate of drug-likeness (QED) is 0.545. The number of hydrogen-bond donors (Lipinski definition) is 1. The van der Waals surface area contributed by atoms with Crippen molar-refractivity contribution in [3.05, 3.63) is 58.7 Å². The lowest BCUT2D eigenvalue weighted by molar-refractivity contribution is -0.134. The molecule has 3 heteroatoms. The van der Waals surface area contributed by atoms with Gasteiger partial charge in [0.15, 0.2) is 0 Å². The van der Waals surface area contributed by atoms with Gasteiger partial charge in [-0.25, -0.2) is 0 Å². The summed E-state index contributed by atoms with van der Waals surface area (Å²) >= 11 is 0. The predicted octanol–water partition coefficient (Wildman–Crippen LogP) is 5.83. The molecule has 0 aliphatic heterocycles. The first-order valence-corrected chi connectivity index (χ1v) is 9.52. The number of aromatic hydroxyl groups is 1. The third kappa shape index (κ3) is 5.59. The summed E-state index contributed by atoms with van der Waals surface area (Å²) in [5, 5.41) is 10.3. The lowest BCUT2D eigenvalue weighted by Gasteiger charge is -2.22. The Bertz CT molecular complexity index is 803. The summed E-state index contributed by atoms with van der Waals surface area (Å²) in [6.07, 6.45) is 0.887. The second-order valence-electron chi connectivity index (χ2n) is 9.31. The predicted molar refractivity (Wildman–Crippen MR) is 111 cm³/mol. The van der Waals surface area contributed by atoms with Crippen LogP contribution in [-0.2, 0) is 22.0 Å². The molecule has 1 N–H and O–H groups in total. The Labute approximate surface area is 163 Å². The van der Waals surface area contributed by atoms with E-state index in [1.807, 2.05) is 43.3 Å². The van der Waals surface area contributed by atoms with Crippen LogP contribution < -0.4 is 4.74 Å². The molecule has 0 aromatic heterocycles. The van der Waals surface area contributed by atoms with Crippen LogP contribution in [0.25, 0.3) is 0 Å². The Morgan fingerprint density at radius 1 is 0.963 bits per heavy atom. The van der Waals surface area contributed by atoms with Gasteiger partial charge in [0.25, 0.3) is 0 Å². The molecule has 0 aliphatic rings. The average Bonchev–Trinajstić information content (AvgIpc) is 2.54. The third-order valence-electron chi connectivity index (χ3n) is 4.74. The number of benzene rings is 2. The highest BCUT2D eigenvalue weighted by Gasteiger charge is 2.20. The minimum absolute atomic E-state index is 0.0734. The summed E-state index contributed by atoms with van der Waals surface area (Å²) < 4.78 is 5.47. The molecule has 2 aromatic carbocycles. The number of ether oxygens (including phenoxy) is 1. The third-order valence-corrected chi connectivity index (χ3v) is 4.74. The molecule has 0 radical (unpaired) electrons. The van der Waals surface area contributed by atoms with Gasteiger partial charge in [-0.05, 0) is 58.6 Å². The maximum absolute atomic E-state index is 12.2. The van der Waals surface area contributed by atoms with E-state index in [0.29, 0.717) is 24.3 Å². The molecule has 0 saturated heterocycles. The number of carbonyl (C=O) groups excluding carboxylic acids is 1. The number of phenolic OH excluding ortho intramolecular Hbond substituents is 1. The number of esters is 1. The first-order valence-electron chi connectivity index (χ1n) is 9.52. The summed E-state index contributed by atoms with van der Waals surface area (Å²) in [5.41, 5.74) is 3.91. The Kier molecular flexibility index (Phi) is 6.04. The Morgan fingerprint density at radius 2 is 1.56 bits per heavy atom. The van der Waals surface area contributed by atoms with Gasteiger partial charge in [-0.1, -0.05) is 65.8 Å². The van der Waals surface area contributed by atoms with Crippen LogP contribution >= 0.6 is 0 Å². The number of hydrogen-bond acceptors (Lipinski definition) is 3. The highest BCUT2D eigenvalue weighted by Crippen LogP contribution is 2.34. The topological polar surface area (TPSA) is 46.5 Å². The van der Waals surface area contributed by atoms with Gasteiger partial charge in [-0.2, -0.15) is 0 Å². The highest BCUT2D eigenvalue weighted by atomic mass is 16.5. The number of aryl methyl sites for hydroxylation is 2. The van der Waals surface area contributed by atoms with Crippen molar-refractivity contribution < 1.29 is 14.6 Å². The van der Waals surface area contributed by atoms with Gasteiger partial charge >= 0.3 is 5.97 Å². The fourth-order valence-corrected chi connectivity index (χ4v) is 3.02. The van der Waals surface area contributed by atoms with Crippen LogP contribution in [0.15, 0.2) is 36.4 Å². The van der Waals surface area contributed by atoms with Crippen molar-refractivity contribution in [1.82, 2.24) is 0 Å². The molecule has 27 heavy (non-hydrogen) atoms. The van der Waals surface area contributed by atoms with Crippen LogP contribution in [0, 0.1) is 6.92 Å². The fraction of sp³-hybridized carbons (Fsp3) is 0.458. The molecular weight excluding hydrogens is 336 g/mol. The second-order valence-corrected chi connectivity index (χ2v) is 9.31. The van der Waals surface area contributed by atoms with Gasteiger partial charge in [-0.15, -0.1) is 0 Å². The minimum Gasteiger partial charge on any atom is -0.507 e. The minimum atomic E-state index is -0.249. The van der Waals surface area contributed by atoms with E-state index >= 15 is 0 Å². The van der Waals surface area contributed by atoms with E-state index in [0.717, 1.165) is 16.7 Å². The monoisotopic (exact) mass is 368 g/mol. The summed E-state index contributed by atoms with van der Waals surface area (Å²) in [4.78, 5) is 12.2. The van der Waals surface area contributed by atoms with E-state index in [-0.39, 0.29) is 16.8 Å². The molecule has 0 spiro atoms. The molecule has 0 saturated carbocycles. The number of phenols is 1. The maximum atomic E-state index is 12.2. The zero-order valence-corrected chi connectivity index (χ0v) is 17.6. The van der Waals surface area contributed by atoms with Crippen LogP contribution in [-0.4, -0.2) is 11.1 Å². The highest BCUT2D eigenvalue weighted by molar-refractivity contribution is 5.72. The van der Waals surface area contributed by atoms with Gasteiger partial charge in [0.05, 0.1) is 0 Å². The lowest BCUT2D eigenvalue weighted by Crippen LogP contribution is -2.14. The fourth-order valence-electron chi connectivity index (χ4n) is 3.02. The van der Waals surface area contributed by atoms with Gasteiger partial charge in [0.2, 0.25) is 0 Å². The lowest BCUT2D eigenvalue weighted by atomic mass is 9.83. The van der Waals surface area contributed by atoms with E-state index in [2.05, 4.69) is 41.5 Å². The van der Waals surface area contributed by atoms with Crippen molar-refractivity contribution in [3.8, 4) is 11.5 Å². The summed E-state index contributed by atoms with van der Waals surface area (Å²) in [5.74, 6) is 0.666. The summed E-state index contributed by atoms with van der Waals surface area (Å²) in [7, 11) is 0. The van der Waals surface area contributed by atoms with Crippen molar-refractivity contribution in [2.24, 2.45) is 0 Å². The molecule has 0 heterocycles. The summed E-state index contributed by atoms with van der Waals surface area (Å²) in [6.45, 7) is 14.6. The SMILES string of the molecule is Cc1cc(CCC(=O)Oc2ccc(C(C)(C)C)cc2)cc(C(C)(C)C)c1O. The Hall–Kier alpha value is -2.29. The van der Waals surface area contributed by atoms with Crippen molar-refractivity contribution in [3.63, 3.8) is 0 Å². The van der Waals surface area contributed by atoms with Crippen LogP contribution in [0.3, 0.4) is 0 Å². The van der Waals surface area contributed by atoms with Crippen LogP contribution in [0.1, 0.15) is 70.2 Å². The first kappa shape index (κ1) is 21.0. The molecule has 0 aliphatic carbocycles. The average molecular weight is 369 g/mol. The molecule has 2 rings (SSSR count). The van der Waals surface area contributed by atoms with Crippen LogP contribution in [0.5, 0.6) is 11.5 Å². The zero-order chi connectivity index (χ0) is 20.4. The van der Waals surface area contributed by atoms with Gasteiger partial charge in [0.1, 0.15) is 11.5 Å². The molecule has 3 nitrogen and oxygen atoms in total. The molecular formula is C24H32O3. The molecule has 0 atom stereocenters. The van der Waals surface area contributed by atoms with Crippen molar-refractivity contribution in [2.45, 2.75) is 72.1 Å². The van der Waals surface area contributed by atoms with E-state index in [4.69, 9.17) is 4.74 Å². The largest absolute Gasteiger partial charge is 0.507 e. The standard InChI is InChI=1S/C24H32O3/c1-16-14-17(15-20(22(16)26)24(5,6)7)8-13-21(25)27-19-11-9-18(10-12-19)23(2,3)4/h9-12,14-15,26H,8,13H2,1-7H3. The molecule has 0 unspecified atom stereocenters. The van der Waals surface area contributed by atoms with Crippen LogP contribution in [0.2, 0.25) is 0 Å². The second kappa shape index (κ2) is 7.75. The van der Waals surface area contributed by atoms with Crippen molar-refractivity contribution in [2.75, 3.05) is 0 Å². The molecule has 0 fully saturated rings. The molecule has 0 amide bonds. The smallest absolute Gasteiger partial charge is 0.311 e. The van der Waals surface area contributed by atoms with Crippen molar-refractivity contribution >= 4 is 5.97 Å². The summed E-state index contributed by atoms with van der Waals surface area (Å²) in [6, 6.07) is 11.6. The first-order chi connectivity index (χ1) is 12.4. The Balaban J connectivity index is 2.03. The van der Waals surface area contributed by atoms with Crippen molar-refractivity contribution in [1.29, 1.82) is 0 Å². The van der Waals surface area contributed by atoms with Crippen LogP contribution in [0.4, 0.5) is 0 Å². The van der Waals surface area contributed by atoms with E-state index < -0.39 is 0 Å². The van der Waals surface area contributed by atoms with Gasteiger partial charge in [0, 0.05) is 6.42 Å². The van der Waals surface area contributed by atoms with Gasteiger partial charge < -0.3 is 9.84 Å². The maximum Gasteiger partial charge on any atom is 0.311 e.